The molecule has 0 aromatic carbocycles. The van der Waals surface area contributed by atoms with Crippen molar-refractivity contribution in [1.82, 2.24) is 9.80 Å². The summed E-state index contributed by atoms with van der Waals surface area (Å²) in [4.78, 5) is 140. The first-order valence-electron chi connectivity index (χ1n) is 55.2. The molecule has 32 heteroatoms. The Balaban J connectivity index is 0.000000331. The monoisotopic (exact) mass is 2090 g/mol. The zero-order valence-electron chi connectivity index (χ0n) is 92.2. The number of rotatable bonds is 25. The largest absolute Gasteiger partial charge is 0.481 e. The molecule has 8 aliphatic heterocycles. The van der Waals surface area contributed by atoms with Crippen LogP contribution in [0, 0.1) is 71.0 Å². The second-order valence-corrected chi connectivity index (χ2v) is 44.6. The fourth-order valence-corrected chi connectivity index (χ4v) is 22.7. The van der Waals surface area contributed by atoms with Gasteiger partial charge in [0.05, 0.1) is 87.3 Å². The Labute approximate surface area is 885 Å². The highest BCUT2D eigenvalue weighted by Gasteiger charge is 2.56. The van der Waals surface area contributed by atoms with E-state index in [0.29, 0.717) is 153 Å². The molecule has 0 aromatic rings. The topological polar surface area (TPSA) is 428 Å². The van der Waals surface area contributed by atoms with Gasteiger partial charge in [-0.3, -0.25) is 38.4 Å². The first-order valence-corrected chi connectivity index (χ1v) is 55.2. The lowest BCUT2D eigenvalue weighted by atomic mass is 9.78. The first-order chi connectivity index (χ1) is 70.8. The second-order valence-electron chi connectivity index (χ2n) is 44.6. The molecule has 2 saturated carbocycles. The van der Waals surface area contributed by atoms with E-state index >= 15 is 0 Å². The van der Waals surface area contributed by atoms with Gasteiger partial charge in [0.1, 0.15) is 60.3 Å². The van der Waals surface area contributed by atoms with E-state index < -0.39 is 156 Å². The highest BCUT2D eigenvalue weighted by atomic mass is 16.7. The van der Waals surface area contributed by atoms with E-state index in [2.05, 4.69) is 53.0 Å². The Morgan fingerprint density at radius 2 is 0.846 bits per heavy atom. The van der Waals surface area contributed by atoms with Crippen LogP contribution in [0.25, 0.3) is 0 Å². The number of carboxylic acids is 2. The number of aliphatic hydroxyl groups is 4. The zero-order chi connectivity index (χ0) is 109. The summed E-state index contributed by atoms with van der Waals surface area (Å²) in [7, 11) is 6.30. The van der Waals surface area contributed by atoms with Crippen LogP contribution in [0.5, 0.6) is 0 Å². The third kappa shape index (κ3) is 36.4. The lowest BCUT2D eigenvalue weighted by molar-refractivity contribution is -0.266. The SMILES string of the molecule is C=C1C(C)CC(C)/C=C/C=C/C=C(\C)C(OCC2CCO2)CC2CCC(C)C(O)(O2)C(=O)C(=O)N2CCCCC2C(=O)OC(C(C)CC2CCC(OCCC(=O)O)C(OC)C2)CC(=O)C(C)/C=C(\C)C(O)C1OC.C=C1C(C)CC(C)/C=C/C=C/C=C(\C)C(OCC2CCO2)CC2CCC(C)C(O)(O2)C(=O)C(=O)N2CCCCC2C(=O)OC(C(C)CC2CCC(OCCCC(=O)O)C(OC)C2)CC(=O)C(C)/C=C(\C)C(O)C1OC. The fourth-order valence-electron chi connectivity index (χ4n) is 22.7. The second kappa shape index (κ2) is 60.9. The number of piperidine rings is 2. The molecule has 0 aromatic heterocycles. The van der Waals surface area contributed by atoms with Gasteiger partial charge in [0.15, 0.2) is 0 Å². The Morgan fingerprint density at radius 3 is 1.21 bits per heavy atom. The number of cyclic esters (lactones) is 2. The van der Waals surface area contributed by atoms with Crippen molar-refractivity contribution in [2.45, 2.75) is 404 Å². The number of nitrogens with zero attached hydrogens (tertiary/aromatic N) is 2. The molecule has 6 N–H and O–H groups in total. The van der Waals surface area contributed by atoms with Gasteiger partial charge in [-0.15, -0.1) is 0 Å². The molecule has 8 fully saturated rings. The van der Waals surface area contributed by atoms with Crippen molar-refractivity contribution in [3.8, 4) is 0 Å². The third-order valence-corrected chi connectivity index (χ3v) is 32.9. The molecular formula is C117H180N2O30. The number of hydrogen-bond donors (Lipinski definition) is 6. The minimum atomic E-state index is -2.46. The van der Waals surface area contributed by atoms with Crippen molar-refractivity contribution in [3.63, 3.8) is 0 Å². The number of hydrogen-bond acceptors (Lipinski definition) is 28. The Bertz CT molecular complexity index is 4640. The van der Waals surface area contributed by atoms with Crippen LogP contribution in [0.1, 0.15) is 283 Å². The summed E-state index contributed by atoms with van der Waals surface area (Å²) in [5.74, 6) is -16.1. The predicted molar refractivity (Wildman–Crippen MR) is 562 cm³/mol. The van der Waals surface area contributed by atoms with Gasteiger partial charge in [-0.05, 0) is 256 Å². The molecule has 4 bridgehead atoms. The summed E-state index contributed by atoms with van der Waals surface area (Å²) in [5, 5.41) is 66.0. The van der Waals surface area contributed by atoms with Gasteiger partial charge < -0.3 is 107 Å². The van der Waals surface area contributed by atoms with E-state index in [1.54, 1.807) is 67.9 Å². The van der Waals surface area contributed by atoms with Crippen LogP contribution in [-0.4, -0.2) is 302 Å². The summed E-state index contributed by atoms with van der Waals surface area (Å²) in [5.41, 5.74) is 4.33. The van der Waals surface area contributed by atoms with Crippen LogP contribution < -0.4 is 0 Å². The van der Waals surface area contributed by atoms with E-state index in [0.717, 1.165) is 60.8 Å². The summed E-state index contributed by atoms with van der Waals surface area (Å²) in [6.07, 6.45) is 28.2. The number of allylic oxidation sites excluding steroid dienone is 12. The maximum Gasteiger partial charge on any atom is 0.329 e. The maximum absolute atomic E-state index is 14.6. The lowest BCUT2D eigenvalue weighted by Crippen LogP contribution is -2.61. The molecule has 6 saturated heterocycles. The van der Waals surface area contributed by atoms with Crippen LogP contribution in [0.2, 0.25) is 0 Å². The number of amides is 2. The summed E-state index contributed by atoms with van der Waals surface area (Å²) in [6, 6.07) is -2.31. The van der Waals surface area contributed by atoms with Crippen LogP contribution >= 0.6 is 0 Å². The number of aliphatic hydroxyl groups excluding tert-OH is 2. The van der Waals surface area contributed by atoms with Crippen molar-refractivity contribution < 1.29 is 145 Å². The summed E-state index contributed by atoms with van der Waals surface area (Å²) >= 11 is 0. The van der Waals surface area contributed by atoms with Crippen molar-refractivity contribution in [2.75, 3.05) is 81.2 Å². The van der Waals surface area contributed by atoms with Gasteiger partial charge in [-0.2, -0.15) is 0 Å². The quantitative estimate of drug-likeness (QED) is 0.0214. The Morgan fingerprint density at radius 1 is 0.456 bits per heavy atom. The van der Waals surface area contributed by atoms with E-state index in [-0.39, 0.29) is 154 Å². The zero-order valence-corrected chi connectivity index (χ0v) is 92.2. The molecular weight excluding hydrogens is 1910 g/mol. The van der Waals surface area contributed by atoms with Gasteiger partial charge in [-0.25, -0.2) is 9.59 Å². The number of carboxylic acid groups (broad SMARTS) is 2. The number of carbonyl (C=O) groups is 10. The maximum atomic E-state index is 14.6. The van der Waals surface area contributed by atoms with E-state index in [1.807, 2.05) is 76.3 Å². The van der Waals surface area contributed by atoms with Crippen LogP contribution in [0.15, 0.2) is 120 Å². The number of carbonyl (C=O) groups excluding carboxylic acids is 8. The average Bonchev–Trinajstić information content (AvgIpc) is 0.773. The predicted octanol–water partition coefficient (Wildman–Crippen LogP) is 16.0. The highest BCUT2D eigenvalue weighted by molar-refractivity contribution is 6.39. The van der Waals surface area contributed by atoms with Crippen LogP contribution in [0.3, 0.4) is 0 Å². The van der Waals surface area contributed by atoms with E-state index in [1.165, 1.54) is 24.0 Å². The van der Waals surface area contributed by atoms with Crippen molar-refractivity contribution in [3.05, 3.63) is 120 Å². The average molecular weight is 2090 g/mol. The number of aliphatic carboxylic acids is 2. The van der Waals surface area contributed by atoms with Gasteiger partial charge >= 0.3 is 23.9 Å². The minimum Gasteiger partial charge on any atom is -0.481 e. The van der Waals surface area contributed by atoms with E-state index in [9.17, 15) is 68.4 Å². The number of methoxy groups -OCH3 is 4. The summed E-state index contributed by atoms with van der Waals surface area (Å²) in [6.45, 7) is 37.9. The number of Topliss-reactive ketones (excluding diaryl/α,β-unsaturated/α-hetero) is 4. The Kier molecular flexibility index (Phi) is 51.0. The Hall–Kier alpha value is -7.74. The molecule has 32 atom stereocenters. The molecule has 149 heavy (non-hydrogen) atoms. The molecule has 838 valence electrons. The summed E-state index contributed by atoms with van der Waals surface area (Å²) < 4.78 is 84.9. The molecule has 2 amide bonds. The van der Waals surface area contributed by atoms with Crippen molar-refractivity contribution >= 4 is 58.8 Å². The molecule has 0 spiro atoms. The van der Waals surface area contributed by atoms with Gasteiger partial charge in [0, 0.05) is 117 Å². The van der Waals surface area contributed by atoms with Crippen LogP contribution in [0.4, 0.5) is 0 Å². The molecule has 2 aliphatic carbocycles. The van der Waals surface area contributed by atoms with Gasteiger partial charge in [0.25, 0.3) is 23.4 Å². The molecule has 32 nitrogen and oxygen atoms in total. The lowest BCUT2D eigenvalue weighted by Gasteiger charge is -2.43. The fraction of sp³-hybridized carbons (Fsp3) is 0.744. The number of ether oxygens (including phenoxy) is 14. The third-order valence-electron chi connectivity index (χ3n) is 32.9. The van der Waals surface area contributed by atoms with Crippen molar-refractivity contribution in [1.29, 1.82) is 0 Å². The first kappa shape index (κ1) is 125. The number of esters is 2. The van der Waals surface area contributed by atoms with Crippen LogP contribution in [-0.2, 0) is 114 Å². The molecule has 10 rings (SSSR count). The van der Waals surface area contributed by atoms with Gasteiger partial charge in [0.2, 0.25) is 11.6 Å². The smallest absolute Gasteiger partial charge is 0.329 e. The van der Waals surface area contributed by atoms with E-state index in [4.69, 9.17) is 76.5 Å². The molecule has 32 unspecified atom stereocenters. The van der Waals surface area contributed by atoms with Gasteiger partial charge in [-0.1, -0.05) is 155 Å². The number of ketones is 4. The minimum absolute atomic E-state index is 0.0155. The standard InChI is InChI=1S/C59H91NO15.C58H89NO15/c1-36-17-12-11-13-18-37(2)50(73-35-46-25-28-71-46)33-45-23-21-42(7)59(68,75-45)56(65)57(66)60-26-15-14-19-47(60)58(67)74-51(34-48(61)39(4)30-41(6)54(64)55(70-10)43(8)38(3)29-36)40(5)31-44-22-24-49(52(32-44)69-9)72-27-16-20-53(62)63;1-35-16-12-11-13-17-36(2)49(72-34-45-23-26-70-45)32-44-21-19-41(7)58(67,74-44)55(64)56(65)59-25-15-14-18-46(59)57(66)73-50(39(5)30-43-20-22-48(51(31-43)68-9)71-27-24-52(61)62)33-47(60)38(4)29-40(6)53(63)54(69-10)42(8)37(3)28-35/h11-13,17-18,30,36,38-40,42,44-47,49-52,54-55,64,68H,8,14-16,19-29,31-35H2,1-7,9-10H3,(H,62,63);11-13,16-17,29,35,37-39,41,43-46,48-51,53-54,63,67H,8,14-15,18-28,30-34H2,1-7,9-10H3,(H,61,62)/b13-11+,17-12+,37-18+,41-30+;13-11+,16-12+,36-17+,40-29+. The molecule has 8 heterocycles. The normalized spacial score (nSPS) is 38.6. The van der Waals surface area contributed by atoms with Crippen molar-refractivity contribution in [2.24, 2.45) is 71.0 Å². The molecule has 0 radical (unpaired) electrons. The highest BCUT2D eigenvalue weighted by Crippen LogP contribution is 2.44. The molecule has 10 aliphatic rings. The number of fused-ring (bicyclic) bond motifs is 6.